The van der Waals surface area contributed by atoms with Crippen molar-refractivity contribution in [3.05, 3.63) is 40.4 Å². The first-order chi connectivity index (χ1) is 10.9. The minimum atomic E-state index is -3.62. The molecule has 23 heavy (non-hydrogen) atoms. The molecule has 2 aliphatic rings. The molecule has 2 heterocycles. The van der Waals surface area contributed by atoms with Crippen molar-refractivity contribution in [2.24, 2.45) is 0 Å². The topological polar surface area (TPSA) is 64.8 Å². The van der Waals surface area contributed by atoms with Gasteiger partial charge in [-0.05, 0) is 18.9 Å². The van der Waals surface area contributed by atoms with Crippen LogP contribution in [0.5, 0.6) is 0 Å². The maximum atomic E-state index is 14.2. The predicted molar refractivity (Wildman–Crippen MR) is 78.2 cm³/mol. The minimum absolute atomic E-state index is 0.0453. The van der Waals surface area contributed by atoms with E-state index in [-0.39, 0.29) is 28.0 Å². The zero-order chi connectivity index (χ0) is 16.4. The molecule has 9 heteroatoms. The molecule has 1 aliphatic carbocycles. The normalized spacial score (nSPS) is 24.0. The predicted octanol–water partition coefficient (Wildman–Crippen LogP) is 3.01. The fraction of sp³-hybridized carbons (Fsp3) is 0.429. The van der Waals surface area contributed by atoms with Gasteiger partial charge in [0.15, 0.2) is 12.0 Å². The smallest absolute Gasteiger partial charge is 0.239 e. The number of hydrogen-bond acceptors (Lipinski definition) is 4. The summed E-state index contributed by atoms with van der Waals surface area (Å²) in [6.45, 7) is 0. The van der Waals surface area contributed by atoms with Gasteiger partial charge in [-0.2, -0.15) is 4.98 Å². The van der Waals surface area contributed by atoms with Gasteiger partial charge in [-0.1, -0.05) is 23.7 Å². The number of rotatable bonds is 3. The zero-order valence-corrected chi connectivity index (χ0v) is 13.4. The highest BCUT2D eigenvalue weighted by Crippen LogP contribution is 2.42. The third kappa shape index (κ3) is 2.27. The lowest BCUT2D eigenvalue weighted by molar-refractivity contribution is 0.325. The highest BCUT2D eigenvalue weighted by molar-refractivity contribution is 7.92. The SMILES string of the molecule is O=S(=O)(c1nc2n(n1)[C@H](c1cccc(Cl)c1F)C[C@@H]2F)C1CC1. The minimum Gasteiger partial charge on any atom is -0.239 e. The van der Waals surface area contributed by atoms with Gasteiger partial charge in [0.1, 0.15) is 5.82 Å². The summed E-state index contributed by atoms with van der Waals surface area (Å²) in [4.78, 5) is 3.87. The van der Waals surface area contributed by atoms with Crippen molar-refractivity contribution < 1.29 is 17.2 Å². The molecule has 1 saturated carbocycles. The first-order valence-corrected chi connectivity index (χ1v) is 9.10. The van der Waals surface area contributed by atoms with Crippen molar-refractivity contribution in [1.29, 1.82) is 0 Å². The molecule has 2 aromatic rings. The average Bonchev–Trinajstić information content (AvgIpc) is 3.20. The second kappa shape index (κ2) is 4.98. The van der Waals surface area contributed by atoms with Gasteiger partial charge in [0.05, 0.1) is 16.3 Å². The Morgan fingerprint density at radius 3 is 2.74 bits per heavy atom. The largest absolute Gasteiger partial charge is 0.267 e. The lowest BCUT2D eigenvalue weighted by Gasteiger charge is -2.13. The third-order valence-corrected chi connectivity index (χ3v) is 6.52. The molecule has 1 aromatic heterocycles. The molecule has 5 nitrogen and oxygen atoms in total. The van der Waals surface area contributed by atoms with E-state index < -0.39 is 33.1 Å². The summed E-state index contributed by atoms with van der Waals surface area (Å²) in [5.41, 5.74) is 0.180. The molecule has 0 radical (unpaired) electrons. The van der Waals surface area contributed by atoms with Gasteiger partial charge < -0.3 is 0 Å². The molecular weight excluding hydrogens is 348 g/mol. The van der Waals surface area contributed by atoms with Gasteiger partial charge >= 0.3 is 0 Å². The van der Waals surface area contributed by atoms with Crippen LogP contribution in [0.25, 0.3) is 0 Å². The van der Waals surface area contributed by atoms with E-state index >= 15 is 0 Å². The van der Waals surface area contributed by atoms with Crippen LogP contribution in [0, 0.1) is 5.82 Å². The zero-order valence-electron chi connectivity index (χ0n) is 11.8. The summed E-state index contributed by atoms with van der Waals surface area (Å²) in [6, 6.07) is 3.69. The van der Waals surface area contributed by atoms with Crippen LogP contribution in [0.3, 0.4) is 0 Å². The molecule has 0 bridgehead atoms. The molecular formula is C14H12ClF2N3O2S. The van der Waals surface area contributed by atoms with Gasteiger partial charge in [0.25, 0.3) is 5.16 Å². The van der Waals surface area contributed by atoms with Crippen molar-refractivity contribution in [2.45, 2.75) is 41.9 Å². The first kappa shape index (κ1) is 15.0. The van der Waals surface area contributed by atoms with Gasteiger partial charge in [0.2, 0.25) is 9.84 Å². The molecule has 0 saturated heterocycles. The summed E-state index contributed by atoms with van der Waals surface area (Å²) in [6.07, 6.45) is -0.403. The van der Waals surface area contributed by atoms with E-state index in [1.165, 1.54) is 16.8 Å². The van der Waals surface area contributed by atoms with Crippen LogP contribution in [0.1, 0.15) is 42.9 Å². The quantitative estimate of drug-likeness (QED) is 0.845. The number of aromatic nitrogens is 3. The Labute approximate surface area is 136 Å². The highest BCUT2D eigenvalue weighted by atomic mass is 35.5. The van der Waals surface area contributed by atoms with Crippen LogP contribution < -0.4 is 0 Å². The Hall–Kier alpha value is -1.54. The van der Waals surface area contributed by atoms with Crippen LogP contribution in [0.2, 0.25) is 5.02 Å². The van der Waals surface area contributed by atoms with E-state index in [9.17, 15) is 17.2 Å². The number of benzene rings is 1. The molecule has 4 rings (SSSR count). The van der Waals surface area contributed by atoms with Crippen molar-refractivity contribution in [3.8, 4) is 0 Å². The van der Waals surface area contributed by atoms with Gasteiger partial charge in [-0.25, -0.2) is 21.9 Å². The van der Waals surface area contributed by atoms with E-state index in [4.69, 9.17) is 11.6 Å². The number of sulfone groups is 1. The molecule has 1 aliphatic heterocycles. The lowest BCUT2D eigenvalue weighted by atomic mass is 10.0. The molecule has 1 aromatic carbocycles. The highest BCUT2D eigenvalue weighted by Gasteiger charge is 2.43. The van der Waals surface area contributed by atoms with Crippen molar-refractivity contribution >= 4 is 21.4 Å². The van der Waals surface area contributed by atoms with Crippen LogP contribution in [-0.4, -0.2) is 28.4 Å². The first-order valence-electron chi connectivity index (χ1n) is 7.18. The summed E-state index contributed by atoms with van der Waals surface area (Å²) < 4.78 is 54.1. The fourth-order valence-electron chi connectivity index (χ4n) is 2.84. The second-order valence-corrected chi connectivity index (χ2v) is 8.33. The molecule has 0 unspecified atom stereocenters. The fourth-order valence-corrected chi connectivity index (χ4v) is 4.50. The van der Waals surface area contributed by atoms with E-state index in [2.05, 4.69) is 10.1 Å². The van der Waals surface area contributed by atoms with E-state index in [0.717, 1.165) is 0 Å². The molecule has 0 spiro atoms. The van der Waals surface area contributed by atoms with Gasteiger partial charge in [-0.3, -0.25) is 0 Å². The maximum absolute atomic E-state index is 14.2. The molecule has 1 fully saturated rings. The Morgan fingerprint density at radius 1 is 1.30 bits per heavy atom. The summed E-state index contributed by atoms with van der Waals surface area (Å²) in [7, 11) is -3.62. The van der Waals surface area contributed by atoms with Gasteiger partial charge in [-0.15, -0.1) is 5.10 Å². The second-order valence-electron chi connectivity index (χ2n) is 5.80. The molecule has 122 valence electrons. The van der Waals surface area contributed by atoms with Crippen molar-refractivity contribution in [1.82, 2.24) is 14.8 Å². The molecule has 0 amide bonds. The van der Waals surface area contributed by atoms with E-state index in [1.807, 2.05) is 0 Å². The Morgan fingerprint density at radius 2 is 2.04 bits per heavy atom. The Kier molecular flexibility index (Phi) is 3.25. The van der Waals surface area contributed by atoms with Crippen LogP contribution in [0.15, 0.2) is 23.4 Å². The lowest BCUT2D eigenvalue weighted by Crippen LogP contribution is -2.13. The molecule has 0 N–H and O–H groups in total. The van der Waals surface area contributed by atoms with Crippen LogP contribution in [-0.2, 0) is 9.84 Å². The third-order valence-electron chi connectivity index (χ3n) is 4.20. The number of nitrogens with zero attached hydrogens (tertiary/aromatic N) is 3. The summed E-state index contributed by atoms with van der Waals surface area (Å²) in [5, 5.41) is 3.05. The van der Waals surface area contributed by atoms with Crippen molar-refractivity contribution in [2.75, 3.05) is 0 Å². The number of alkyl halides is 1. The van der Waals surface area contributed by atoms with E-state index in [1.54, 1.807) is 6.07 Å². The van der Waals surface area contributed by atoms with Gasteiger partial charge in [0, 0.05) is 12.0 Å². The Balaban J connectivity index is 1.80. The number of hydrogen-bond donors (Lipinski definition) is 0. The monoisotopic (exact) mass is 359 g/mol. The average molecular weight is 360 g/mol. The number of halogens is 3. The molecule has 2 atom stereocenters. The van der Waals surface area contributed by atoms with Crippen LogP contribution >= 0.6 is 11.6 Å². The standard InChI is InChI=1S/C14H12ClF2N3O2S/c15-9-3-1-2-8(12(9)17)11-6-10(16)13-18-14(19-20(11)13)23(21,22)7-4-5-7/h1-3,7,10-11H,4-6H2/t10-,11-/m0/s1. The summed E-state index contributed by atoms with van der Waals surface area (Å²) >= 11 is 5.77. The summed E-state index contributed by atoms with van der Waals surface area (Å²) in [5.74, 6) is -0.727. The van der Waals surface area contributed by atoms with Crippen LogP contribution in [0.4, 0.5) is 8.78 Å². The Bertz CT molecular complexity index is 895. The maximum Gasteiger partial charge on any atom is 0.267 e. The van der Waals surface area contributed by atoms with E-state index in [0.29, 0.717) is 12.8 Å². The number of fused-ring (bicyclic) bond motifs is 1. The van der Waals surface area contributed by atoms with Crippen molar-refractivity contribution in [3.63, 3.8) is 0 Å².